The zero-order chi connectivity index (χ0) is 19.2. The molecule has 0 saturated heterocycles. The molecule has 1 aliphatic rings. The van der Waals surface area contributed by atoms with Crippen LogP contribution < -0.4 is 4.74 Å². The topological polar surface area (TPSA) is 99.8 Å². The molecule has 1 atom stereocenters. The molecule has 2 rings (SSSR count). The Labute approximate surface area is 154 Å². The van der Waals surface area contributed by atoms with E-state index in [0.717, 1.165) is 5.56 Å². The van der Waals surface area contributed by atoms with E-state index in [4.69, 9.17) is 9.47 Å². The third-order valence-electron chi connectivity index (χ3n) is 5.33. The van der Waals surface area contributed by atoms with Gasteiger partial charge in [0.15, 0.2) is 0 Å². The van der Waals surface area contributed by atoms with E-state index in [9.17, 15) is 20.3 Å². The van der Waals surface area contributed by atoms with E-state index in [1.165, 1.54) is 7.11 Å². The molecule has 0 amide bonds. The molecule has 142 valence electrons. The van der Waals surface area contributed by atoms with Gasteiger partial charge < -0.3 is 19.7 Å². The number of hydrogen-bond donors (Lipinski definition) is 2. The Hall–Kier alpha value is -2.10. The number of carbonyl (C=O) groups is 1. The number of esters is 1. The Bertz CT molecular complexity index is 659. The zero-order valence-electron chi connectivity index (χ0n) is 15.4. The minimum atomic E-state index is -0.846. The fraction of sp³-hybridized carbons (Fsp3) is 0.600. The van der Waals surface area contributed by atoms with Crippen molar-refractivity contribution in [3.63, 3.8) is 0 Å². The Morgan fingerprint density at radius 3 is 2.65 bits per heavy atom. The summed E-state index contributed by atoms with van der Waals surface area (Å²) in [7, 11) is 1.52. The molecule has 0 heterocycles. The second-order valence-electron chi connectivity index (χ2n) is 6.87. The third kappa shape index (κ3) is 4.35. The lowest BCUT2D eigenvalue weighted by molar-refractivity contribution is -0.149. The summed E-state index contributed by atoms with van der Waals surface area (Å²) >= 11 is 0. The van der Waals surface area contributed by atoms with Gasteiger partial charge in [-0.2, -0.15) is 5.26 Å². The molecule has 0 bridgehead atoms. The number of aliphatic hydroxyl groups is 2. The summed E-state index contributed by atoms with van der Waals surface area (Å²) in [6.45, 7) is 1.85. The second-order valence-corrected chi connectivity index (χ2v) is 6.87. The van der Waals surface area contributed by atoms with Gasteiger partial charge in [-0.3, -0.25) is 4.79 Å². The van der Waals surface area contributed by atoms with E-state index in [2.05, 4.69) is 6.07 Å². The maximum absolute atomic E-state index is 12.0. The molecule has 1 aromatic carbocycles. The van der Waals surface area contributed by atoms with E-state index in [0.29, 0.717) is 50.0 Å². The summed E-state index contributed by atoms with van der Waals surface area (Å²) < 4.78 is 10.4. The molecule has 6 nitrogen and oxygen atoms in total. The standard InChI is InChI=1S/C20H27NO5/c1-3-26-19(24)14-6-8-20(9-7-14,11-17(23)13-22)16-4-5-18(25-2)15(10-16)12-21/h4-5,10,14,17,22-23H,3,6-9,11,13H2,1-2H3. The lowest BCUT2D eigenvalue weighted by atomic mass is 9.64. The van der Waals surface area contributed by atoms with Crippen LogP contribution in [0.2, 0.25) is 0 Å². The van der Waals surface area contributed by atoms with E-state index < -0.39 is 6.10 Å². The lowest BCUT2D eigenvalue weighted by Gasteiger charge is -2.41. The Kier molecular flexibility index (Phi) is 7.01. The second kappa shape index (κ2) is 9.02. The number of methoxy groups -OCH3 is 1. The number of nitrogens with zero attached hydrogens (tertiary/aromatic N) is 1. The summed E-state index contributed by atoms with van der Waals surface area (Å²) in [5.41, 5.74) is 0.989. The van der Waals surface area contributed by atoms with Crippen molar-refractivity contribution < 1.29 is 24.5 Å². The average molecular weight is 361 g/mol. The van der Waals surface area contributed by atoms with Gasteiger partial charge in [-0.25, -0.2) is 0 Å². The summed E-state index contributed by atoms with van der Waals surface area (Å²) in [5.74, 6) is 0.202. The molecule has 1 saturated carbocycles. The predicted octanol–water partition coefficient (Wildman–Crippen LogP) is 2.30. The minimum absolute atomic E-state index is 0.136. The van der Waals surface area contributed by atoms with Gasteiger partial charge in [0.05, 0.1) is 37.9 Å². The quantitative estimate of drug-likeness (QED) is 0.723. The summed E-state index contributed by atoms with van der Waals surface area (Å²) in [6.07, 6.45) is 2.23. The van der Waals surface area contributed by atoms with Gasteiger partial charge in [-0.1, -0.05) is 6.07 Å². The first kappa shape index (κ1) is 20.2. The Balaban J connectivity index is 2.30. The van der Waals surface area contributed by atoms with Crippen LogP contribution in [0.1, 0.15) is 50.2 Å². The van der Waals surface area contributed by atoms with E-state index in [1.54, 1.807) is 19.1 Å². The maximum Gasteiger partial charge on any atom is 0.308 e. The van der Waals surface area contributed by atoms with Crippen LogP contribution >= 0.6 is 0 Å². The zero-order valence-corrected chi connectivity index (χ0v) is 15.4. The lowest BCUT2D eigenvalue weighted by Crippen LogP contribution is -2.38. The van der Waals surface area contributed by atoms with Crippen LogP contribution in [-0.4, -0.2) is 42.6 Å². The van der Waals surface area contributed by atoms with E-state index in [1.807, 2.05) is 6.07 Å². The van der Waals surface area contributed by atoms with Crippen LogP contribution in [-0.2, 0) is 14.9 Å². The van der Waals surface area contributed by atoms with Gasteiger partial charge >= 0.3 is 5.97 Å². The fourth-order valence-corrected chi connectivity index (χ4v) is 3.92. The number of aliphatic hydroxyl groups excluding tert-OH is 2. The van der Waals surface area contributed by atoms with Crippen molar-refractivity contribution in [1.82, 2.24) is 0 Å². The number of hydrogen-bond acceptors (Lipinski definition) is 6. The van der Waals surface area contributed by atoms with Crippen LogP contribution in [0.4, 0.5) is 0 Å². The van der Waals surface area contributed by atoms with Crippen molar-refractivity contribution in [2.24, 2.45) is 5.92 Å². The predicted molar refractivity (Wildman–Crippen MR) is 95.7 cm³/mol. The molecule has 1 unspecified atom stereocenters. The normalized spacial score (nSPS) is 23.7. The van der Waals surface area contributed by atoms with Crippen LogP contribution in [0.3, 0.4) is 0 Å². The van der Waals surface area contributed by atoms with Crippen LogP contribution in [0.15, 0.2) is 18.2 Å². The highest BCUT2D eigenvalue weighted by Gasteiger charge is 2.40. The van der Waals surface area contributed by atoms with E-state index >= 15 is 0 Å². The van der Waals surface area contributed by atoms with Crippen molar-refractivity contribution in [3.05, 3.63) is 29.3 Å². The SMILES string of the molecule is CCOC(=O)C1CCC(CC(O)CO)(c2ccc(OC)c(C#N)c2)CC1. The molecule has 0 spiro atoms. The number of ether oxygens (including phenoxy) is 2. The van der Waals surface area contributed by atoms with Crippen molar-refractivity contribution in [1.29, 1.82) is 5.26 Å². The van der Waals surface area contributed by atoms with Crippen molar-refractivity contribution in [2.75, 3.05) is 20.3 Å². The number of nitriles is 1. The molecule has 1 aliphatic carbocycles. The maximum atomic E-state index is 12.0. The fourth-order valence-electron chi connectivity index (χ4n) is 3.92. The van der Waals surface area contributed by atoms with Crippen molar-refractivity contribution >= 4 is 5.97 Å². The Morgan fingerprint density at radius 1 is 1.42 bits per heavy atom. The molecule has 2 N–H and O–H groups in total. The van der Waals surface area contributed by atoms with Crippen LogP contribution in [0.5, 0.6) is 5.75 Å². The smallest absolute Gasteiger partial charge is 0.308 e. The molecule has 0 aliphatic heterocycles. The molecule has 26 heavy (non-hydrogen) atoms. The Morgan fingerprint density at radius 2 is 2.12 bits per heavy atom. The number of benzene rings is 1. The first-order chi connectivity index (χ1) is 12.5. The van der Waals surface area contributed by atoms with Gasteiger partial charge in [0.1, 0.15) is 11.8 Å². The molecule has 1 fully saturated rings. The molecule has 1 aromatic rings. The third-order valence-corrected chi connectivity index (χ3v) is 5.33. The highest BCUT2D eigenvalue weighted by molar-refractivity contribution is 5.72. The molecular formula is C20H27NO5. The first-order valence-corrected chi connectivity index (χ1v) is 9.03. The first-order valence-electron chi connectivity index (χ1n) is 9.03. The van der Waals surface area contributed by atoms with Gasteiger partial charge in [-0.05, 0) is 62.1 Å². The molecule has 0 aromatic heterocycles. The molecular weight excluding hydrogens is 334 g/mol. The number of rotatable bonds is 7. The summed E-state index contributed by atoms with van der Waals surface area (Å²) in [4.78, 5) is 12.0. The van der Waals surface area contributed by atoms with Crippen molar-refractivity contribution in [2.45, 2.75) is 50.5 Å². The molecule has 6 heteroatoms. The minimum Gasteiger partial charge on any atom is -0.495 e. The van der Waals surface area contributed by atoms with Crippen molar-refractivity contribution in [3.8, 4) is 11.8 Å². The van der Waals surface area contributed by atoms with Gasteiger partial charge in [-0.15, -0.1) is 0 Å². The van der Waals surface area contributed by atoms with Crippen LogP contribution in [0, 0.1) is 17.2 Å². The summed E-state index contributed by atoms with van der Waals surface area (Å²) in [5, 5.41) is 28.8. The van der Waals surface area contributed by atoms with Crippen LogP contribution in [0.25, 0.3) is 0 Å². The van der Waals surface area contributed by atoms with E-state index in [-0.39, 0.29) is 23.9 Å². The monoisotopic (exact) mass is 361 g/mol. The van der Waals surface area contributed by atoms with Gasteiger partial charge in [0, 0.05) is 0 Å². The highest BCUT2D eigenvalue weighted by atomic mass is 16.5. The molecule has 0 radical (unpaired) electrons. The highest BCUT2D eigenvalue weighted by Crippen LogP contribution is 2.46. The summed E-state index contributed by atoms with van der Waals surface area (Å²) in [6, 6.07) is 7.62. The number of carbonyl (C=O) groups excluding carboxylic acids is 1. The van der Waals surface area contributed by atoms with Gasteiger partial charge in [0.2, 0.25) is 0 Å². The largest absolute Gasteiger partial charge is 0.495 e. The average Bonchev–Trinajstić information content (AvgIpc) is 2.67. The van der Waals surface area contributed by atoms with Gasteiger partial charge in [0.25, 0.3) is 0 Å².